The van der Waals surface area contributed by atoms with E-state index in [4.69, 9.17) is 0 Å². The van der Waals surface area contributed by atoms with Crippen LogP contribution in [-0.2, 0) is 32.2 Å². The Morgan fingerprint density at radius 3 is 2.23 bits per heavy atom. The Bertz CT molecular complexity index is 1060. The molecule has 1 N–H and O–H groups in total. The van der Waals surface area contributed by atoms with Gasteiger partial charge < -0.3 is 10.0 Å². The van der Waals surface area contributed by atoms with Crippen LogP contribution in [0.4, 0.5) is 13.2 Å². The molecule has 1 aromatic heterocycles. The number of carboxylic acid groups (broad SMARTS) is 1. The quantitative estimate of drug-likeness (QED) is 0.731. The fourth-order valence-corrected chi connectivity index (χ4v) is 4.78. The third-order valence-corrected chi connectivity index (χ3v) is 6.78. The molecule has 166 valence electrons. The van der Waals surface area contributed by atoms with Gasteiger partial charge in [-0.15, -0.1) is 0 Å². The molecule has 3 rings (SSSR count). The van der Waals surface area contributed by atoms with Crippen molar-refractivity contribution in [3.8, 4) is 0 Å². The SMILES string of the molecule is O=C(O)[C@H]1CN(C(=O)Cc2ccncc2)CCN1S(=O)(=O)c1ccc(C(F)(F)F)cc1. The summed E-state index contributed by atoms with van der Waals surface area (Å²) in [6.07, 6.45) is -1.61. The first-order chi connectivity index (χ1) is 14.5. The highest BCUT2D eigenvalue weighted by atomic mass is 32.2. The van der Waals surface area contributed by atoms with E-state index in [0.29, 0.717) is 22.0 Å². The van der Waals surface area contributed by atoms with Crippen molar-refractivity contribution >= 4 is 21.9 Å². The fourth-order valence-electron chi connectivity index (χ4n) is 3.22. The van der Waals surface area contributed by atoms with E-state index in [-0.39, 0.29) is 32.0 Å². The molecule has 1 fully saturated rings. The summed E-state index contributed by atoms with van der Waals surface area (Å²) in [5.41, 5.74) is -0.348. The number of amides is 1. The molecule has 2 aromatic rings. The van der Waals surface area contributed by atoms with Gasteiger partial charge in [0.25, 0.3) is 0 Å². The number of sulfonamides is 1. The second-order valence-electron chi connectivity index (χ2n) is 6.86. The molecule has 2 heterocycles. The Kier molecular flexibility index (Phi) is 6.32. The van der Waals surface area contributed by atoms with Crippen molar-refractivity contribution in [2.24, 2.45) is 0 Å². The topological polar surface area (TPSA) is 108 Å². The molecule has 0 aliphatic carbocycles. The molecule has 12 heteroatoms. The summed E-state index contributed by atoms with van der Waals surface area (Å²) >= 11 is 0. The van der Waals surface area contributed by atoms with E-state index in [0.717, 1.165) is 12.1 Å². The smallest absolute Gasteiger partial charge is 0.416 e. The number of carbonyl (C=O) groups is 2. The molecule has 1 aromatic carbocycles. The highest BCUT2D eigenvalue weighted by Crippen LogP contribution is 2.31. The number of carbonyl (C=O) groups excluding carboxylic acids is 1. The Hall–Kier alpha value is -2.99. The number of hydrogen-bond acceptors (Lipinski definition) is 5. The molecule has 31 heavy (non-hydrogen) atoms. The number of hydrogen-bond donors (Lipinski definition) is 1. The van der Waals surface area contributed by atoms with E-state index >= 15 is 0 Å². The maximum absolute atomic E-state index is 12.9. The third kappa shape index (κ3) is 5.02. The van der Waals surface area contributed by atoms with Crippen molar-refractivity contribution < 1.29 is 36.3 Å². The van der Waals surface area contributed by atoms with Gasteiger partial charge in [0, 0.05) is 32.0 Å². The van der Waals surface area contributed by atoms with Gasteiger partial charge >= 0.3 is 12.1 Å². The van der Waals surface area contributed by atoms with Crippen LogP contribution in [-0.4, -0.2) is 65.3 Å². The van der Waals surface area contributed by atoms with Gasteiger partial charge in [0.05, 0.1) is 16.9 Å². The number of halogens is 3. The molecular formula is C19H18F3N3O5S. The highest BCUT2D eigenvalue weighted by molar-refractivity contribution is 7.89. The summed E-state index contributed by atoms with van der Waals surface area (Å²) in [6, 6.07) is 4.53. The number of aromatic nitrogens is 1. The van der Waals surface area contributed by atoms with Crippen LogP contribution in [0.3, 0.4) is 0 Å². The molecule has 8 nitrogen and oxygen atoms in total. The van der Waals surface area contributed by atoms with Crippen LogP contribution in [0.2, 0.25) is 0 Å². The molecule has 0 unspecified atom stereocenters. The standard InChI is InChI=1S/C19H18F3N3O5S/c20-19(21,22)14-1-3-15(4-2-14)31(29,30)25-10-9-24(12-16(25)18(27)28)17(26)11-13-5-7-23-8-6-13/h1-8,16H,9-12H2,(H,27,28)/t16-/m1/s1. The van der Waals surface area contributed by atoms with E-state index < -0.39 is 38.7 Å². The Morgan fingerprint density at radius 2 is 1.68 bits per heavy atom. The predicted molar refractivity (Wildman–Crippen MR) is 101 cm³/mol. The first kappa shape index (κ1) is 22.7. The molecule has 1 amide bonds. The molecular weight excluding hydrogens is 439 g/mol. The first-order valence-electron chi connectivity index (χ1n) is 9.09. The van der Waals surface area contributed by atoms with Crippen LogP contribution >= 0.6 is 0 Å². The van der Waals surface area contributed by atoms with Gasteiger partial charge in [-0.25, -0.2) is 8.42 Å². The summed E-state index contributed by atoms with van der Waals surface area (Å²) in [5.74, 6) is -1.83. The zero-order valence-corrected chi connectivity index (χ0v) is 16.8. The van der Waals surface area contributed by atoms with Gasteiger partial charge in [-0.1, -0.05) is 0 Å². The van der Waals surface area contributed by atoms with Crippen molar-refractivity contribution in [3.63, 3.8) is 0 Å². The molecule has 1 saturated heterocycles. The minimum Gasteiger partial charge on any atom is -0.480 e. The third-order valence-electron chi connectivity index (χ3n) is 4.86. The minimum atomic E-state index is -4.63. The fraction of sp³-hybridized carbons (Fsp3) is 0.316. The van der Waals surface area contributed by atoms with E-state index in [9.17, 15) is 36.3 Å². The van der Waals surface area contributed by atoms with Gasteiger partial charge in [-0.2, -0.15) is 17.5 Å². The zero-order valence-electron chi connectivity index (χ0n) is 16.0. The number of benzene rings is 1. The number of carboxylic acids is 1. The lowest BCUT2D eigenvalue weighted by Gasteiger charge is -2.38. The zero-order chi connectivity index (χ0) is 22.8. The number of nitrogens with zero attached hydrogens (tertiary/aromatic N) is 3. The van der Waals surface area contributed by atoms with Gasteiger partial charge in [0.15, 0.2) is 0 Å². The Labute approximate surface area is 176 Å². The van der Waals surface area contributed by atoms with E-state index in [2.05, 4.69) is 4.98 Å². The molecule has 1 atom stereocenters. The first-order valence-corrected chi connectivity index (χ1v) is 10.5. The van der Waals surface area contributed by atoms with Gasteiger partial charge in [-0.05, 0) is 42.0 Å². The van der Waals surface area contributed by atoms with Crippen LogP contribution in [0, 0.1) is 0 Å². The lowest BCUT2D eigenvalue weighted by atomic mass is 10.1. The van der Waals surface area contributed by atoms with Crippen molar-refractivity contribution in [2.45, 2.75) is 23.5 Å². The second kappa shape index (κ2) is 8.63. The van der Waals surface area contributed by atoms with Crippen LogP contribution in [0.5, 0.6) is 0 Å². The van der Waals surface area contributed by atoms with Crippen LogP contribution < -0.4 is 0 Å². The van der Waals surface area contributed by atoms with Crippen molar-refractivity contribution in [1.82, 2.24) is 14.2 Å². The molecule has 0 spiro atoms. The number of rotatable bonds is 5. The van der Waals surface area contributed by atoms with Crippen LogP contribution in [0.25, 0.3) is 0 Å². The predicted octanol–water partition coefficient (Wildman–Crippen LogP) is 1.63. The van der Waals surface area contributed by atoms with Crippen molar-refractivity contribution in [1.29, 1.82) is 0 Å². The monoisotopic (exact) mass is 457 g/mol. The number of aliphatic carboxylic acids is 1. The van der Waals surface area contributed by atoms with Crippen molar-refractivity contribution in [3.05, 3.63) is 59.9 Å². The molecule has 0 saturated carbocycles. The number of pyridine rings is 1. The number of alkyl halides is 3. The molecule has 0 radical (unpaired) electrons. The maximum Gasteiger partial charge on any atom is 0.416 e. The van der Waals surface area contributed by atoms with E-state index in [1.807, 2.05) is 0 Å². The summed E-state index contributed by atoms with van der Waals surface area (Å²) < 4.78 is 64.7. The molecule has 0 bridgehead atoms. The van der Waals surface area contributed by atoms with Gasteiger partial charge in [0.2, 0.25) is 15.9 Å². The van der Waals surface area contributed by atoms with E-state index in [1.54, 1.807) is 12.1 Å². The maximum atomic E-state index is 12.9. The summed E-state index contributed by atoms with van der Waals surface area (Å²) in [4.78, 5) is 28.9. The Morgan fingerprint density at radius 1 is 1.06 bits per heavy atom. The average Bonchev–Trinajstić information content (AvgIpc) is 2.73. The minimum absolute atomic E-state index is 0.000509. The lowest BCUT2D eigenvalue weighted by Crippen LogP contribution is -2.59. The normalized spacial score (nSPS) is 18.0. The summed E-state index contributed by atoms with van der Waals surface area (Å²) in [7, 11) is -4.39. The van der Waals surface area contributed by atoms with Gasteiger partial charge in [0.1, 0.15) is 6.04 Å². The van der Waals surface area contributed by atoms with E-state index in [1.165, 1.54) is 17.3 Å². The highest BCUT2D eigenvalue weighted by Gasteiger charge is 2.41. The lowest BCUT2D eigenvalue weighted by molar-refractivity contribution is -0.145. The molecule has 1 aliphatic heterocycles. The van der Waals surface area contributed by atoms with Crippen LogP contribution in [0.15, 0.2) is 53.7 Å². The summed E-state index contributed by atoms with van der Waals surface area (Å²) in [5, 5.41) is 9.56. The molecule has 1 aliphatic rings. The Balaban J connectivity index is 1.79. The van der Waals surface area contributed by atoms with Crippen LogP contribution in [0.1, 0.15) is 11.1 Å². The largest absolute Gasteiger partial charge is 0.480 e. The number of piperazine rings is 1. The summed E-state index contributed by atoms with van der Waals surface area (Å²) in [6.45, 7) is -0.727. The van der Waals surface area contributed by atoms with Crippen molar-refractivity contribution in [2.75, 3.05) is 19.6 Å². The van der Waals surface area contributed by atoms with Gasteiger partial charge in [-0.3, -0.25) is 14.6 Å². The average molecular weight is 457 g/mol. The second-order valence-corrected chi connectivity index (χ2v) is 8.75.